The summed E-state index contributed by atoms with van der Waals surface area (Å²) in [4.78, 5) is 26.5. The molecule has 1 saturated heterocycles. The van der Waals surface area contributed by atoms with E-state index in [0.29, 0.717) is 37.0 Å². The van der Waals surface area contributed by atoms with Crippen LogP contribution in [0.25, 0.3) is 0 Å². The molecule has 1 N–H and O–H groups in total. The second-order valence-corrected chi connectivity index (χ2v) is 5.11. The van der Waals surface area contributed by atoms with Gasteiger partial charge < -0.3 is 24.6 Å². The standard InChI is InChI=1S/C14H18ClN3O4/c1-21-14(20)18-8-6-17(7-9-18)13(19)16-10-22-12-4-2-11(15)3-5-12/h2-5H,6-10H2,1H3,(H,16,19). The first kappa shape index (κ1) is 16.2. The van der Waals surface area contributed by atoms with Crippen LogP contribution in [0.1, 0.15) is 0 Å². The van der Waals surface area contributed by atoms with Crippen LogP contribution in [0.2, 0.25) is 5.02 Å². The summed E-state index contributed by atoms with van der Waals surface area (Å²) in [6.45, 7) is 1.90. The van der Waals surface area contributed by atoms with Gasteiger partial charge in [-0.15, -0.1) is 0 Å². The second kappa shape index (κ2) is 7.74. The van der Waals surface area contributed by atoms with Gasteiger partial charge in [0.05, 0.1) is 7.11 Å². The maximum absolute atomic E-state index is 12.0. The van der Waals surface area contributed by atoms with Crippen molar-refractivity contribution in [1.82, 2.24) is 15.1 Å². The number of amides is 3. The van der Waals surface area contributed by atoms with Gasteiger partial charge in [0.25, 0.3) is 0 Å². The molecule has 1 heterocycles. The second-order valence-electron chi connectivity index (χ2n) is 4.67. The van der Waals surface area contributed by atoms with Crippen molar-refractivity contribution in [2.45, 2.75) is 0 Å². The first-order valence-corrected chi connectivity index (χ1v) is 7.22. The minimum absolute atomic E-state index is 0.0671. The third kappa shape index (κ3) is 4.42. The number of hydrogen-bond acceptors (Lipinski definition) is 4. The zero-order valence-corrected chi connectivity index (χ0v) is 13.0. The van der Waals surface area contributed by atoms with E-state index in [0.717, 1.165) is 0 Å². The zero-order chi connectivity index (χ0) is 15.9. The number of piperazine rings is 1. The number of rotatable bonds is 3. The van der Waals surface area contributed by atoms with Gasteiger partial charge in [-0.25, -0.2) is 9.59 Å². The van der Waals surface area contributed by atoms with Crippen molar-refractivity contribution in [2.24, 2.45) is 0 Å². The quantitative estimate of drug-likeness (QED) is 0.859. The predicted molar refractivity (Wildman–Crippen MR) is 81.0 cm³/mol. The third-order valence-electron chi connectivity index (χ3n) is 3.28. The van der Waals surface area contributed by atoms with Crippen LogP contribution in [0.15, 0.2) is 24.3 Å². The van der Waals surface area contributed by atoms with Crippen LogP contribution in [0.4, 0.5) is 9.59 Å². The lowest BCUT2D eigenvalue weighted by atomic mass is 10.3. The Hall–Kier alpha value is -2.15. The summed E-state index contributed by atoms with van der Waals surface area (Å²) < 4.78 is 10.0. The molecule has 22 heavy (non-hydrogen) atoms. The molecule has 1 aromatic rings. The number of hydrogen-bond donors (Lipinski definition) is 1. The van der Waals surface area contributed by atoms with Crippen LogP contribution in [0.3, 0.4) is 0 Å². The summed E-state index contributed by atoms with van der Waals surface area (Å²) in [7, 11) is 1.34. The minimum atomic E-state index is -0.369. The Morgan fingerprint density at radius 2 is 1.73 bits per heavy atom. The first-order valence-electron chi connectivity index (χ1n) is 6.84. The van der Waals surface area contributed by atoms with E-state index in [2.05, 4.69) is 10.1 Å². The molecule has 0 aromatic heterocycles. The number of urea groups is 1. The molecule has 0 spiro atoms. The Bertz CT molecular complexity index is 515. The predicted octanol–water partition coefficient (Wildman–Crippen LogP) is 1.77. The van der Waals surface area contributed by atoms with Crippen LogP contribution in [0, 0.1) is 0 Å². The van der Waals surface area contributed by atoms with E-state index in [1.54, 1.807) is 34.1 Å². The molecule has 0 radical (unpaired) electrons. The maximum atomic E-state index is 12.0. The fourth-order valence-corrected chi connectivity index (χ4v) is 2.17. The first-order chi connectivity index (χ1) is 10.6. The summed E-state index contributed by atoms with van der Waals surface area (Å²) in [6, 6.07) is 6.65. The summed E-state index contributed by atoms with van der Waals surface area (Å²) >= 11 is 5.77. The number of methoxy groups -OCH3 is 1. The third-order valence-corrected chi connectivity index (χ3v) is 3.53. The molecule has 3 amide bonds. The molecule has 1 aromatic carbocycles. The Morgan fingerprint density at radius 1 is 1.14 bits per heavy atom. The number of benzene rings is 1. The van der Waals surface area contributed by atoms with Gasteiger partial charge in [-0.1, -0.05) is 11.6 Å². The molecule has 1 fully saturated rings. The Labute approximate surface area is 133 Å². The summed E-state index contributed by atoms with van der Waals surface area (Å²) in [5.74, 6) is 0.625. The molecule has 8 heteroatoms. The zero-order valence-electron chi connectivity index (χ0n) is 12.3. The van der Waals surface area contributed by atoms with E-state index in [9.17, 15) is 9.59 Å². The fourth-order valence-electron chi connectivity index (χ4n) is 2.04. The molecule has 0 saturated carbocycles. The number of halogens is 1. The van der Waals surface area contributed by atoms with Crippen molar-refractivity contribution in [2.75, 3.05) is 40.0 Å². The molecule has 2 rings (SSSR count). The number of nitrogens with one attached hydrogen (secondary N) is 1. The van der Waals surface area contributed by atoms with Crippen LogP contribution in [-0.4, -0.2) is 61.9 Å². The van der Waals surface area contributed by atoms with Crippen LogP contribution >= 0.6 is 11.6 Å². The average molecular weight is 328 g/mol. The molecule has 1 aliphatic heterocycles. The average Bonchev–Trinajstić information content (AvgIpc) is 2.56. The van der Waals surface area contributed by atoms with E-state index in [-0.39, 0.29) is 18.9 Å². The largest absolute Gasteiger partial charge is 0.473 e. The maximum Gasteiger partial charge on any atom is 0.409 e. The van der Waals surface area contributed by atoms with Crippen molar-refractivity contribution in [3.05, 3.63) is 29.3 Å². The molecule has 1 aliphatic rings. The summed E-state index contributed by atoms with van der Waals surface area (Å²) in [6.07, 6.45) is -0.369. The lowest BCUT2D eigenvalue weighted by molar-refractivity contribution is 0.0958. The number of carbonyl (C=O) groups excluding carboxylic acids is 2. The normalized spacial score (nSPS) is 14.5. The lowest BCUT2D eigenvalue weighted by Crippen LogP contribution is -2.53. The van der Waals surface area contributed by atoms with Gasteiger partial charge in [0.2, 0.25) is 0 Å². The van der Waals surface area contributed by atoms with Gasteiger partial charge in [0, 0.05) is 31.2 Å². The minimum Gasteiger partial charge on any atom is -0.473 e. The van der Waals surface area contributed by atoms with Gasteiger partial charge in [0.15, 0.2) is 6.73 Å². The van der Waals surface area contributed by atoms with Crippen LogP contribution < -0.4 is 10.1 Å². The molecule has 7 nitrogen and oxygen atoms in total. The monoisotopic (exact) mass is 327 g/mol. The SMILES string of the molecule is COC(=O)N1CCN(C(=O)NCOc2ccc(Cl)cc2)CC1. The Balaban J connectivity index is 1.70. The van der Waals surface area contributed by atoms with Crippen molar-refractivity contribution >= 4 is 23.7 Å². The molecule has 0 atom stereocenters. The van der Waals surface area contributed by atoms with Crippen LogP contribution in [-0.2, 0) is 4.74 Å². The molecule has 0 unspecified atom stereocenters. The van der Waals surface area contributed by atoms with Gasteiger partial charge >= 0.3 is 12.1 Å². The van der Waals surface area contributed by atoms with Crippen molar-refractivity contribution in [3.8, 4) is 5.75 Å². The van der Waals surface area contributed by atoms with E-state index in [4.69, 9.17) is 16.3 Å². The highest BCUT2D eigenvalue weighted by Gasteiger charge is 2.24. The fraction of sp³-hybridized carbons (Fsp3) is 0.429. The summed E-state index contributed by atoms with van der Waals surface area (Å²) in [5, 5.41) is 3.30. The number of nitrogens with zero attached hydrogens (tertiary/aromatic N) is 2. The summed E-state index contributed by atoms with van der Waals surface area (Å²) in [5.41, 5.74) is 0. The van der Waals surface area contributed by atoms with Gasteiger partial charge in [-0.2, -0.15) is 0 Å². The van der Waals surface area contributed by atoms with E-state index >= 15 is 0 Å². The van der Waals surface area contributed by atoms with Gasteiger partial charge in [-0.05, 0) is 24.3 Å². The van der Waals surface area contributed by atoms with Crippen molar-refractivity contribution < 1.29 is 19.1 Å². The highest BCUT2D eigenvalue weighted by Crippen LogP contribution is 2.15. The van der Waals surface area contributed by atoms with Crippen molar-refractivity contribution in [1.29, 1.82) is 0 Å². The van der Waals surface area contributed by atoms with E-state index < -0.39 is 0 Å². The highest BCUT2D eigenvalue weighted by molar-refractivity contribution is 6.30. The van der Waals surface area contributed by atoms with E-state index in [1.807, 2.05) is 0 Å². The Kier molecular flexibility index (Phi) is 5.71. The molecule has 0 bridgehead atoms. The lowest BCUT2D eigenvalue weighted by Gasteiger charge is -2.33. The van der Waals surface area contributed by atoms with Crippen LogP contribution in [0.5, 0.6) is 5.75 Å². The molecule has 120 valence electrons. The number of carbonyl (C=O) groups is 2. The van der Waals surface area contributed by atoms with Gasteiger partial charge in [-0.3, -0.25) is 0 Å². The number of ether oxygens (including phenoxy) is 2. The van der Waals surface area contributed by atoms with Gasteiger partial charge in [0.1, 0.15) is 5.75 Å². The molecule has 0 aliphatic carbocycles. The molecular weight excluding hydrogens is 310 g/mol. The van der Waals surface area contributed by atoms with E-state index in [1.165, 1.54) is 7.11 Å². The Morgan fingerprint density at radius 3 is 2.32 bits per heavy atom. The van der Waals surface area contributed by atoms with Crippen molar-refractivity contribution in [3.63, 3.8) is 0 Å². The highest BCUT2D eigenvalue weighted by atomic mass is 35.5. The smallest absolute Gasteiger partial charge is 0.409 e. The molecular formula is C14H18ClN3O4. The topological polar surface area (TPSA) is 71.1 Å².